The second-order valence-electron chi connectivity index (χ2n) is 3.94. The van der Waals surface area contributed by atoms with Crippen molar-refractivity contribution in [2.75, 3.05) is 6.61 Å². The average Bonchev–Trinajstić information content (AvgIpc) is 2.35. The lowest BCUT2D eigenvalue weighted by Gasteiger charge is -2.09. The highest BCUT2D eigenvalue weighted by molar-refractivity contribution is 5.82. The van der Waals surface area contributed by atoms with E-state index in [0.29, 0.717) is 6.42 Å². The topological polar surface area (TPSA) is 69.4 Å². The fourth-order valence-corrected chi connectivity index (χ4v) is 1.24. The number of Topliss-reactive ketones (excluding diaryl/α,β-unsaturated/α-hetero) is 1. The van der Waals surface area contributed by atoms with Gasteiger partial charge in [-0.3, -0.25) is 14.9 Å². The van der Waals surface area contributed by atoms with Gasteiger partial charge in [0, 0.05) is 12.0 Å². The molecular formula is C12H14FNO4. The van der Waals surface area contributed by atoms with Crippen molar-refractivity contribution >= 4 is 11.5 Å². The molecule has 0 N–H and O–H groups in total. The first-order chi connectivity index (χ1) is 8.45. The van der Waals surface area contributed by atoms with Crippen LogP contribution in [0.3, 0.4) is 0 Å². The number of hydrogen-bond acceptors (Lipinski definition) is 4. The molecule has 0 radical (unpaired) electrons. The van der Waals surface area contributed by atoms with Crippen molar-refractivity contribution in [1.82, 2.24) is 0 Å². The summed E-state index contributed by atoms with van der Waals surface area (Å²) in [7, 11) is 0. The van der Waals surface area contributed by atoms with Gasteiger partial charge >= 0.3 is 0 Å². The minimum atomic E-state index is -0.846. The maximum Gasteiger partial charge on any atom is 0.272 e. The van der Waals surface area contributed by atoms with Crippen molar-refractivity contribution in [3.63, 3.8) is 0 Å². The summed E-state index contributed by atoms with van der Waals surface area (Å²) in [6.07, 6.45) is 0.685. The van der Waals surface area contributed by atoms with E-state index < -0.39 is 10.7 Å². The number of carbonyl (C=O) groups excluding carboxylic acids is 1. The molecule has 0 aliphatic carbocycles. The predicted molar refractivity (Wildman–Crippen MR) is 63.0 cm³/mol. The summed E-state index contributed by atoms with van der Waals surface area (Å²) in [6, 6.07) is 3.05. The molecule has 0 spiro atoms. The fourth-order valence-electron chi connectivity index (χ4n) is 1.24. The minimum Gasteiger partial charge on any atom is -0.483 e. The first-order valence-electron chi connectivity index (χ1n) is 5.55. The average molecular weight is 255 g/mol. The van der Waals surface area contributed by atoms with Crippen molar-refractivity contribution < 1.29 is 18.8 Å². The molecule has 1 unspecified atom stereocenters. The SMILES string of the molecule is CCC(C)C(=O)COc1ccc([N+](=O)[O-])cc1F. The van der Waals surface area contributed by atoms with E-state index in [1.807, 2.05) is 6.92 Å². The van der Waals surface area contributed by atoms with Crippen LogP contribution in [0.1, 0.15) is 20.3 Å². The van der Waals surface area contributed by atoms with Gasteiger partial charge in [-0.25, -0.2) is 4.39 Å². The van der Waals surface area contributed by atoms with Gasteiger partial charge in [0.05, 0.1) is 11.0 Å². The standard InChI is InChI=1S/C12H14FNO4/c1-3-8(2)11(15)7-18-12-5-4-9(14(16)17)6-10(12)13/h4-6,8H,3,7H2,1-2H3. The van der Waals surface area contributed by atoms with E-state index in [-0.39, 0.29) is 29.7 Å². The van der Waals surface area contributed by atoms with Crippen LogP contribution in [0.25, 0.3) is 0 Å². The second-order valence-corrected chi connectivity index (χ2v) is 3.94. The highest BCUT2D eigenvalue weighted by Crippen LogP contribution is 2.22. The molecule has 6 heteroatoms. The van der Waals surface area contributed by atoms with Crippen LogP contribution < -0.4 is 4.74 Å². The van der Waals surface area contributed by atoms with Gasteiger partial charge in [-0.05, 0) is 12.5 Å². The molecular weight excluding hydrogens is 241 g/mol. The lowest BCUT2D eigenvalue weighted by Crippen LogP contribution is -2.18. The summed E-state index contributed by atoms with van der Waals surface area (Å²) < 4.78 is 18.4. The first-order valence-corrected chi connectivity index (χ1v) is 5.55. The number of carbonyl (C=O) groups is 1. The van der Waals surface area contributed by atoms with Crippen molar-refractivity contribution in [3.05, 3.63) is 34.1 Å². The summed E-state index contributed by atoms with van der Waals surface area (Å²) in [5.41, 5.74) is -0.354. The van der Waals surface area contributed by atoms with Gasteiger partial charge in [0.1, 0.15) is 6.61 Å². The third kappa shape index (κ3) is 3.51. The number of rotatable bonds is 6. The van der Waals surface area contributed by atoms with Crippen molar-refractivity contribution in [2.24, 2.45) is 5.92 Å². The smallest absolute Gasteiger partial charge is 0.272 e. The van der Waals surface area contributed by atoms with E-state index in [1.54, 1.807) is 6.92 Å². The molecule has 18 heavy (non-hydrogen) atoms. The van der Waals surface area contributed by atoms with E-state index in [0.717, 1.165) is 18.2 Å². The van der Waals surface area contributed by atoms with E-state index >= 15 is 0 Å². The zero-order valence-corrected chi connectivity index (χ0v) is 10.2. The quantitative estimate of drug-likeness (QED) is 0.579. The molecule has 0 bridgehead atoms. The Balaban J connectivity index is 2.69. The molecule has 0 heterocycles. The highest BCUT2D eigenvalue weighted by atomic mass is 19.1. The number of nitro groups is 1. The van der Waals surface area contributed by atoms with Crippen molar-refractivity contribution in [2.45, 2.75) is 20.3 Å². The summed E-state index contributed by atoms with van der Waals surface area (Å²) in [4.78, 5) is 21.2. The van der Waals surface area contributed by atoms with Gasteiger partial charge in [-0.2, -0.15) is 0 Å². The number of nitrogens with zero attached hydrogens (tertiary/aromatic N) is 1. The lowest BCUT2D eigenvalue weighted by molar-refractivity contribution is -0.385. The number of benzene rings is 1. The van der Waals surface area contributed by atoms with Crippen LogP contribution in [-0.2, 0) is 4.79 Å². The number of hydrogen-bond donors (Lipinski definition) is 0. The minimum absolute atomic E-state index is 0.129. The molecule has 0 saturated carbocycles. The van der Waals surface area contributed by atoms with E-state index in [9.17, 15) is 19.3 Å². The van der Waals surface area contributed by atoms with Gasteiger partial charge in [-0.15, -0.1) is 0 Å². The number of non-ortho nitro benzene ring substituents is 1. The fraction of sp³-hybridized carbons (Fsp3) is 0.417. The van der Waals surface area contributed by atoms with Gasteiger partial charge in [-0.1, -0.05) is 13.8 Å². The normalized spacial score (nSPS) is 11.9. The lowest BCUT2D eigenvalue weighted by atomic mass is 10.1. The maximum absolute atomic E-state index is 13.4. The summed E-state index contributed by atoms with van der Waals surface area (Å²) >= 11 is 0. The van der Waals surface area contributed by atoms with Crippen LogP contribution >= 0.6 is 0 Å². The van der Waals surface area contributed by atoms with Crippen LogP contribution in [0, 0.1) is 21.8 Å². The van der Waals surface area contributed by atoms with Gasteiger partial charge in [0.2, 0.25) is 0 Å². The van der Waals surface area contributed by atoms with Gasteiger partial charge in [0.25, 0.3) is 5.69 Å². The molecule has 98 valence electrons. The molecule has 5 nitrogen and oxygen atoms in total. The number of halogens is 1. The second kappa shape index (κ2) is 6.09. The third-order valence-electron chi connectivity index (χ3n) is 2.66. The molecule has 1 aromatic carbocycles. The highest BCUT2D eigenvalue weighted by Gasteiger charge is 2.15. The molecule has 1 rings (SSSR count). The summed E-state index contributed by atoms with van der Waals surface area (Å²) in [5.74, 6) is -1.28. The maximum atomic E-state index is 13.4. The van der Waals surface area contributed by atoms with Crippen LogP contribution in [0.4, 0.5) is 10.1 Å². The Hall–Kier alpha value is -1.98. The zero-order valence-electron chi connectivity index (χ0n) is 10.2. The first kappa shape index (κ1) is 14.1. The van der Waals surface area contributed by atoms with Crippen molar-refractivity contribution in [1.29, 1.82) is 0 Å². The molecule has 0 aromatic heterocycles. The Morgan fingerprint density at radius 1 is 1.56 bits per heavy atom. The van der Waals surface area contributed by atoms with E-state index in [4.69, 9.17) is 4.74 Å². The largest absolute Gasteiger partial charge is 0.483 e. The summed E-state index contributed by atoms with van der Waals surface area (Å²) in [5, 5.41) is 10.4. The number of nitro benzene ring substituents is 1. The predicted octanol–water partition coefficient (Wildman–Crippen LogP) is 2.73. The number of ether oxygens (including phenoxy) is 1. The third-order valence-corrected chi connectivity index (χ3v) is 2.66. The Kier molecular flexibility index (Phi) is 4.76. The Morgan fingerprint density at radius 2 is 2.22 bits per heavy atom. The molecule has 1 atom stereocenters. The zero-order chi connectivity index (χ0) is 13.7. The Labute approximate surface area is 104 Å². The van der Waals surface area contributed by atoms with E-state index in [1.165, 1.54) is 0 Å². The van der Waals surface area contributed by atoms with Crippen LogP contribution in [0.2, 0.25) is 0 Å². The van der Waals surface area contributed by atoms with Gasteiger partial charge < -0.3 is 4.74 Å². The Bertz CT molecular complexity index is 461. The van der Waals surface area contributed by atoms with Crippen LogP contribution in [0.5, 0.6) is 5.75 Å². The van der Waals surface area contributed by atoms with Crippen LogP contribution in [0.15, 0.2) is 18.2 Å². The molecule has 0 saturated heterocycles. The molecule has 1 aromatic rings. The van der Waals surface area contributed by atoms with E-state index in [2.05, 4.69) is 0 Å². The van der Waals surface area contributed by atoms with Crippen LogP contribution in [-0.4, -0.2) is 17.3 Å². The van der Waals surface area contributed by atoms with Crippen molar-refractivity contribution in [3.8, 4) is 5.75 Å². The number of ketones is 1. The Morgan fingerprint density at radius 3 is 2.72 bits per heavy atom. The molecule has 0 amide bonds. The van der Waals surface area contributed by atoms with Gasteiger partial charge in [0.15, 0.2) is 17.3 Å². The molecule has 0 fully saturated rings. The molecule has 0 aliphatic rings. The summed E-state index contributed by atoms with van der Waals surface area (Å²) in [6.45, 7) is 3.40. The monoisotopic (exact) mass is 255 g/mol. The molecule has 0 aliphatic heterocycles.